The summed E-state index contributed by atoms with van der Waals surface area (Å²) in [6.07, 6.45) is 0. The number of carbonyl (C=O) groups excluding carboxylic acids is 1. The maximum Gasteiger partial charge on any atom is 0.266 e. The second-order valence-corrected chi connectivity index (χ2v) is 4.95. The third-order valence-electron chi connectivity index (χ3n) is 3.30. The van der Waals surface area contributed by atoms with Gasteiger partial charge in [0.15, 0.2) is 5.60 Å². The molecule has 0 spiro atoms. The van der Waals surface area contributed by atoms with Crippen LogP contribution >= 0.6 is 11.6 Å². The SMILES string of the molecule is O=C1Nc2ccc(F)cc2C1(O)c1cc(Cl)ccc1O. The lowest BCUT2D eigenvalue weighted by Gasteiger charge is -2.22. The van der Waals surface area contributed by atoms with Crippen molar-refractivity contribution in [1.29, 1.82) is 0 Å². The first kappa shape index (κ1) is 12.9. The average molecular weight is 294 g/mol. The summed E-state index contributed by atoms with van der Waals surface area (Å²) in [4.78, 5) is 12.1. The van der Waals surface area contributed by atoms with E-state index < -0.39 is 17.3 Å². The van der Waals surface area contributed by atoms with Gasteiger partial charge in [0.2, 0.25) is 0 Å². The molecule has 1 amide bonds. The van der Waals surface area contributed by atoms with Crippen LogP contribution < -0.4 is 5.32 Å². The standard InChI is InChI=1S/C14H9ClFNO3/c15-7-1-4-12(18)10(5-7)14(20)9-6-8(16)2-3-11(9)17-13(14)19/h1-6,18,20H,(H,17,19). The monoisotopic (exact) mass is 293 g/mol. The molecule has 1 heterocycles. The number of halogens is 2. The van der Waals surface area contributed by atoms with E-state index in [1.807, 2.05) is 0 Å². The minimum Gasteiger partial charge on any atom is -0.508 e. The van der Waals surface area contributed by atoms with Crippen molar-refractivity contribution in [2.75, 3.05) is 5.32 Å². The number of nitrogens with one attached hydrogen (secondary N) is 1. The van der Waals surface area contributed by atoms with Crippen LogP contribution in [0.1, 0.15) is 11.1 Å². The maximum absolute atomic E-state index is 13.4. The van der Waals surface area contributed by atoms with Gasteiger partial charge in [-0.1, -0.05) is 11.6 Å². The number of amides is 1. The third kappa shape index (κ3) is 1.67. The molecule has 1 aliphatic rings. The number of rotatable bonds is 1. The van der Waals surface area contributed by atoms with Crippen molar-refractivity contribution in [2.24, 2.45) is 0 Å². The largest absolute Gasteiger partial charge is 0.508 e. The first-order valence-electron chi connectivity index (χ1n) is 5.76. The number of fused-ring (bicyclic) bond motifs is 1. The van der Waals surface area contributed by atoms with Gasteiger partial charge in [-0.05, 0) is 36.4 Å². The number of carbonyl (C=O) groups is 1. The molecule has 2 aromatic carbocycles. The van der Waals surface area contributed by atoms with Crippen LogP contribution in [-0.2, 0) is 10.4 Å². The predicted octanol–water partition coefficient (Wildman–Crippen LogP) is 2.37. The van der Waals surface area contributed by atoms with E-state index in [-0.39, 0.29) is 21.9 Å². The van der Waals surface area contributed by atoms with Crippen molar-refractivity contribution in [1.82, 2.24) is 0 Å². The average Bonchev–Trinajstić information content (AvgIpc) is 2.66. The number of aliphatic hydroxyl groups is 1. The number of phenols is 1. The number of benzene rings is 2. The number of anilines is 1. The van der Waals surface area contributed by atoms with E-state index in [0.717, 1.165) is 6.07 Å². The molecule has 1 aliphatic heterocycles. The molecule has 0 fully saturated rings. The highest BCUT2D eigenvalue weighted by Crippen LogP contribution is 2.44. The first-order valence-corrected chi connectivity index (χ1v) is 6.13. The van der Waals surface area contributed by atoms with Crippen molar-refractivity contribution < 1.29 is 19.4 Å². The number of aromatic hydroxyl groups is 1. The van der Waals surface area contributed by atoms with E-state index in [2.05, 4.69) is 5.32 Å². The Morgan fingerprint density at radius 2 is 1.90 bits per heavy atom. The van der Waals surface area contributed by atoms with E-state index in [1.54, 1.807) is 0 Å². The van der Waals surface area contributed by atoms with Gasteiger partial charge in [-0.2, -0.15) is 0 Å². The van der Waals surface area contributed by atoms with Gasteiger partial charge in [-0.25, -0.2) is 4.39 Å². The van der Waals surface area contributed by atoms with Gasteiger partial charge in [0.05, 0.1) is 0 Å². The Morgan fingerprint density at radius 1 is 1.15 bits per heavy atom. The lowest BCUT2D eigenvalue weighted by atomic mass is 9.87. The Labute approximate surface area is 118 Å². The zero-order valence-electron chi connectivity index (χ0n) is 10.0. The van der Waals surface area contributed by atoms with Crippen LogP contribution in [0.15, 0.2) is 36.4 Å². The van der Waals surface area contributed by atoms with E-state index in [1.165, 1.54) is 30.3 Å². The molecule has 4 nitrogen and oxygen atoms in total. The quantitative estimate of drug-likeness (QED) is 0.756. The molecule has 6 heteroatoms. The van der Waals surface area contributed by atoms with Crippen molar-refractivity contribution in [3.05, 3.63) is 58.4 Å². The smallest absolute Gasteiger partial charge is 0.266 e. The molecule has 102 valence electrons. The van der Waals surface area contributed by atoms with E-state index in [0.29, 0.717) is 5.69 Å². The fourth-order valence-electron chi connectivity index (χ4n) is 2.33. The molecule has 0 radical (unpaired) electrons. The Hall–Kier alpha value is -2.11. The van der Waals surface area contributed by atoms with Gasteiger partial charge >= 0.3 is 0 Å². The minimum absolute atomic E-state index is 0.0417. The summed E-state index contributed by atoms with van der Waals surface area (Å²) in [7, 11) is 0. The molecule has 0 bridgehead atoms. The van der Waals surface area contributed by atoms with Crippen molar-refractivity contribution in [3.63, 3.8) is 0 Å². The second kappa shape index (κ2) is 4.19. The molecule has 0 saturated carbocycles. The lowest BCUT2D eigenvalue weighted by Crippen LogP contribution is -2.35. The van der Waals surface area contributed by atoms with Crippen LogP contribution in [0.5, 0.6) is 5.75 Å². The normalized spacial score (nSPS) is 20.6. The molecular weight excluding hydrogens is 285 g/mol. The first-order chi connectivity index (χ1) is 9.42. The summed E-state index contributed by atoms with van der Waals surface area (Å²) in [5.41, 5.74) is -1.93. The van der Waals surface area contributed by atoms with Gasteiger partial charge < -0.3 is 15.5 Å². The summed E-state index contributed by atoms with van der Waals surface area (Å²) < 4.78 is 13.4. The van der Waals surface area contributed by atoms with E-state index in [4.69, 9.17) is 11.6 Å². The highest BCUT2D eigenvalue weighted by atomic mass is 35.5. The summed E-state index contributed by atoms with van der Waals surface area (Å²) in [5, 5.41) is 23.3. The fraction of sp³-hybridized carbons (Fsp3) is 0.0714. The molecular formula is C14H9ClFNO3. The minimum atomic E-state index is -2.17. The van der Waals surface area contributed by atoms with Crippen molar-refractivity contribution in [2.45, 2.75) is 5.60 Å². The highest BCUT2D eigenvalue weighted by Gasteiger charge is 2.48. The summed E-state index contributed by atoms with van der Waals surface area (Å²) in [6, 6.07) is 7.53. The van der Waals surface area contributed by atoms with E-state index in [9.17, 15) is 19.4 Å². The number of phenolic OH excluding ortho intramolecular Hbond substituents is 1. The van der Waals surface area contributed by atoms with Crippen LogP contribution in [0.3, 0.4) is 0 Å². The molecule has 0 saturated heterocycles. The van der Waals surface area contributed by atoms with Gasteiger partial charge in [-0.3, -0.25) is 4.79 Å². The van der Waals surface area contributed by atoms with Crippen LogP contribution in [0.4, 0.5) is 10.1 Å². The highest BCUT2D eigenvalue weighted by molar-refractivity contribution is 6.30. The zero-order valence-corrected chi connectivity index (χ0v) is 10.8. The lowest BCUT2D eigenvalue weighted by molar-refractivity contribution is -0.129. The Kier molecular flexibility index (Phi) is 2.70. The van der Waals surface area contributed by atoms with Gasteiger partial charge in [0.1, 0.15) is 11.6 Å². The van der Waals surface area contributed by atoms with Gasteiger partial charge in [-0.15, -0.1) is 0 Å². The van der Waals surface area contributed by atoms with Crippen molar-refractivity contribution in [3.8, 4) is 5.75 Å². The summed E-state index contributed by atoms with van der Waals surface area (Å²) in [6.45, 7) is 0. The van der Waals surface area contributed by atoms with Crippen LogP contribution in [0, 0.1) is 5.82 Å². The molecule has 3 rings (SSSR count). The molecule has 0 aromatic heterocycles. The third-order valence-corrected chi connectivity index (χ3v) is 3.53. The van der Waals surface area contributed by atoms with Gasteiger partial charge in [0, 0.05) is 21.8 Å². The number of hydrogen-bond donors (Lipinski definition) is 3. The Balaban J connectivity index is 2.29. The van der Waals surface area contributed by atoms with Crippen LogP contribution in [0.2, 0.25) is 5.02 Å². The topological polar surface area (TPSA) is 69.6 Å². The van der Waals surface area contributed by atoms with Gasteiger partial charge in [0.25, 0.3) is 5.91 Å². The summed E-state index contributed by atoms with van der Waals surface area (Å²) in [5.74, 6) is -1.67. The Morgan fingerprint density at radius 3 is 2.65 bits per heavy atom. The molecule has 3 N–H and O–H groups in total. The van der Waals surface area contributed by atoms with Crippen LogP contribution in [-0.4, -0.2) is 16.1 Å². The van der Waals surface area contributed by atoms with Crippen molar-refractivity contribution >= 4 is 23.2 Å². The summed E-state index contributed by atoms with van der Waals surface area (Å²) >= 11 is 5.84. The molecule has 2 aromatic rings. The second-order valence-electron chi connectivity index (χ2n) is 4.52. The predicted molar refractivity (Wildman–Crippen MR) is 71.1 cm³/mol. The molecule has 20 heavy (non-hydrogen) atoms. The number of hydrogen-bond acceptors (Lipinski definition) is 3. The maximum atomic E-state index is 13.4. The Bertz CT molecular complexity index is 734. The van der Waals surface area contributed by atoms with Crippen LogP contribution in [0.25, 0.3) is 0 Å². The molecule has 0 aliphatic carbocycles. The van der Waals surface area contributed by atoms with E-state index >= 15 is 0 Å². The molecule has 1 atom stereocenters. The zero-order chi connectivity index (χ0) is 14.5. The fourth-order valence-corrected chi connectivity index (χ4v) is 2.50. The molecule has 1 unspecified atom stereocenters.